The zero-order valence-electron chi connectivity index (χ0n) is 15.3. The van der Waals surface area contributed by atoms with E-state index in [1.807, 2.05) is 37.3 Å². The number of likely N-dealkylation sites (tertiary alicyclic amines) is 1. The van der Waals surface area contributed by atoms with Crippen molar-refractivity contribution in [3.63, 3.8) is 0 Å². The Kier molecular flexibility index (Phi) is 4.61. The van der Waals surface area contributed by atoms with Gasteiger partial charge in [-0.1, -0.05) is 18.2 Å². The first-order valence-electron chi connectivity index (χ1n) is 9.07. The Labute approximate surface area is 158 Å². The molecule has 3 heterocycles. The van der Waals surface area contributed by atoms with E-state index in [-0.39, 0.29) is 23.8 Å². The molecule has 1 aromatic carbocycles. The second kappa shape index (κ2) is 7.08. The number of benzene rings is 1. The number of amides is 2. The normalized spacial score (nSPS) is 22.9. The number of rotatable bonds is 2. The van der Waals surface area contributed by atoms with Crippen molar-refractivity contribution in [1.82, 2.24) is 14.9 Å². The van der Waals surface area contributed by atoms with E-state index < -0.39 is 0 Å². The molecule has 27 heavy (non-hydrogen) atoms. The Morgan fingerprint density at radius 3 is 2.78 bits per heavy atom. The Morgan fingerprint density at radius 2 is 2.00 bits per heavy atom. The van der Waals surface area contributed by atoms with E-state index in [1.54, 1.807) is 16.0 Å². The smallest absolute Gasteiger partial charge is 0.274 e. The number of hydrogen-bond acceptors (Lipinski definition) is 5. The zero-order chi connectivity index (χ0) is 18.9. The third-order valence-corrected chi connectivity index (χ3v) is 5.20. The van der Waals surface area contributed by atoms with Crippen LogP contribution in [0.25, 0.3) is 0 Å². The fourth-order valence-electron chi connectivity index (χ4n) is 3.83. The number of hydrogen-bond donors (Lipinski definition) is 0. The van der Waals surface area contributed by atoms with Gasteiger partial charge in [0.1, 0.15) is 12.3 Å². The summed E-state index contributed by atoms with van der Waals surface area (Å²) in [5.41, 5.74) is 1.67. The first-order valence-corrected chi connectivity index (χ1v) is 9.07. The van der Waals surface area contributed by atoms with Gasteiger partial charge in [-0.15, -0.1) is 0 Å². The molecule has 0 saturated carbocycles. The van der Waals surface area contributed by atoms with Crippen molar-refractivity contribution in [3.8, 4) is 0 Å². The average molecular weight is 366 g/mol. The Hall–Kier alpha value is -2.80. The number of para-hydroxylation sites is 1. The fraction of sp³-hybridized carbons (Fsp3) is 0.400. The molecular formula is C20H22N4O3. The van der Waals surface area contributed by atoms with Gasteiger partial charge in [0, 0.05) is 36.9 Å². The predicted molar refractivity (Wildman–Crippen MR) is 99.3 cm³/mol. The molecule has 1 aromatic heterocycles. The van der Waals surface area contributed by atoms with E-state index in [2.05, 4.69) is 9.97 Å². The van der Waals surface area contributed by atoms with Gasteiger partial charge in [-0.05, 0) is 25.5 Å². The standard InChI is InChI=1S/C20H22N4O3/c1-15-9-21-10-17(22-15)19(26)23-8-7-20(12-23)13-24(18(25)11-27-14-20)16-5-3-2-4-6-16/h2-6,9-10H,7-8,11-14H2,1H3. The van der Waals surface area contributed by atoms with E-state index in [1.165, 1.54) is 6.20 Å². The topological polar surface area (TPSA) is 75.6 Å². The van der Waals surface area contributed by atoms with Crippen LogP contribution in [0, 0.1) is 12.3 Å². The average Bonchev–Trinajstić information content (AvgIpc) is 3.02. The summed E-state index contributed by atoms with van der Waals surface area (Å²) >= 11 is 0. The quantitative estimate of drug-likeness (QED) is 0.808. The lowest BCUT2D eigenvalue weighted by atomic mass is 9.87. The maximum atomic E-state index is 12.8. The summed E-state index contributed by atoms with van der Waals surface area (Å²) in [4.78, 5) is 37.3. The van der Waals surface area contributed by atoms with Crippen molar-refractivity contribution < 1.29 is 14.3 Å². The van der Waals surface area contributed by atoms with E-state index in [4.69, 9.17) is 4.74 Å². The van der Waals surface area contributed by atoms with Gasteiger partial charge in [0.15, 0.2) is 0 Å². The lowest BCUT2D eigenvalue weighted by molar-refractivity contribution is -0.122. The number of aryl methyl sites for hydroxylation is 1. The van der Waals surface area contributed by atoms with Crippen molar-refractivity contribution in [2.45, 2.75) is 13.3 Å². The molecule has 1 unspecified atom stereocenters. The zero-order valence-corrected chi connectivity index (χ0v) is 15.3. The van der Waals surface area contributed by atoms with Crippen LogP contribution in [0.2, 0.25) is 0 Å². The summed E-state index contributed by atoms with van der Waals surface area (Å²) in [5, 5.41) is 0. The molecule has 2 fully saturated rings. The minimum Gasteiger partial charge on any atom is -0.371 e. The highest BCUT2D eigenvalue weighted by atomic mass is 16.5. The molecule has 0 radical (unpaired) electrons. The number of nitrogens with zero attached hydrogens (tertiary/aromatic N) is 4. The fourth-order valence-corrected chi connectivity index (χ4v) is 3.83. The number of anilines is 1. The lowest BCUT2D eigenvalue weighted by Gasteiger charge is -2.31. The van der Waals surface area contributed by atoms with Crippen LogP contribution in [0.3, 0.4) is 0 Å². The molecule has 0 bridgehead atoms. The Bertz CT molecular complexity index is 857. The second-order valence-electron chi connectivity index (χ2n) is 7.33. The minimum atomic E-state index is -0.269. The van der Waals surface area contributed by atoms with Gasteiger partial charge in [-0.2, -0.15) is 0 Å². The molecule has 140 valence electrons. The molecule has 2 aromatic rings. The summed E-state index contributed by atoms with van der Waals surface area (Å²) in [6, 6.07) is 9.62. The highest BCUT2D eigenvalue weighted by molar-refractivity contribution is 5.95. The summed E-state index contributed by atoms with van der Waals surface area (Å²) in [6.45, 7) is 4.04. The molecule has 0 aliphatic carbocycles. The molecular weight excluding hydrogens is 344 g/mol. The monoisotopic (exact) mass is 366 g/mol. The summed E-state index contributed by atoms with van der Waals surface area (Å²) in [5.74, 6) is -0.169. The van der Waals surface area contributed by atoms with Crippen LogP contribution in [0.5, 0.6) is 0 Å². The Balaban J connectivity index is 1.55. The summed E-state index contributed by atoms with van der Waals surface area (Å²) in [6.07, 6.45) is 3.92. The Morgan fingerprint density at radius 1 is 1.19 bits per heavy atom. The van der Waals surface area contributed by atoms with Crippen LogP contribution in [-0.4, -0.2) is 59.5 Å². The maximum absolute atomic E-state index is 12.8. The van der Waals surface area contributed by atoms with Gasteiger partial charge in [0.05, 0.1) is 18.5 Å². The maximum Gasteiger partial charge on any atom is 0.274 e. The van der Waals surface area contributed by atoms with Crippen LogP contribution in [0.1, 0.15) is 22.6 Å². The summed E-state index contributed by atoms with van der Waals surface area (Å²) in [7, 11) is 0. The minimum absolute atomic E-state index is 0.0487. The van der Waals surface area contributed by atoms with Crippen molar-refractivity contribution in [1.29, 1.82) is 0 Å². The van der Waals surface area contributed by atoms with Crippen LogP contribution in [0.4, 0.5) is 5.69 Å². The molecule has 2 aliphatic heterocycles. The number of aromatic nitrogens is 2. The van der Waals surface area contributed by atoms with E-state index in [0.29, 0.717) is 37.6 Å². The van der Waals surface area contributed by atoms with Crippen molar-refractivity contribution in [3.05, 3.63) is 54.1 Å². The van der Waals surface area contributed by atoms with Gasteiger partial charge < -0.3 is 14.5 Å². The number of carbonyl (C=O) groups is 2. The number of ether oxygens (including phenoxy) is 1. The highest BCUT2D eigenvalue weighted by Gasteiger charge is 2.44. The number of carbonyl (C=O) groups excluding carboxylic acids is 2. The van der Waals surface area contributed by atoms with E-state index in [0.717, 1.165) is 12.1 Å². The van der Waals surface area contributed by atoms with Crippen molar-refractivity contribution in [2.24, 2.45) is 5.41 Å². The first kappa shape index (κ1) is 17.6. The van der Waals surface area contributed by atoms with Crippen LogP contribution in [0.15, 0.2) is 42.7 Å². The van der Waals surface area contributed by atoms with Crippen LogP contribution < -0.4 is 4.90 Å². The van der Waals surface area contributed by atoms with Gasteiger partial charge in [0.25, 0.3) is 11.8 Å². The highest BCUT2D eigenvalue weighted by Crippen LogP contribution is 2.35. The molecule has 7 heteroatoms. The largest absolute Gasteiger partial charge is 0.371 e. The molecule has 2 saturated heterocycles. The van der Waals surface area contributed by atoms with Crippen LogP contribution in [-0.2, 0) is 9.53 Å². The molecule has 0 N–H and O–H groups in total. The summed E-state index contributed by atoms with van der Waals surface area (Å²) < 4.78 is 5.69. The van der Waals surface area contributed by atoms with Gasteiger partial charge in [-0.3, -0.25) is 14.6 Å². The molecule has 7 nitrogen and oxygen atoms in total. The first-order chi connectivity index (χ1) is 13.1. The third-order valence-electron chi connectivity index (χ3n) is 5.20. The van der Waals surface area contributed by atoms with Crippen molar-refractivity contribution >= 4 is 17.5 Å². The van der Waals surface area contributed by atoms with Crippen LogP contribution >= 0.6 is 0 Å². The van der Waals surface area contributed by atoms with Gasteiger partial charge >= 0.3 is 0 Å². The molecule has 1 atom stereocenters. The lowest BCUT2D eigenvalue weighted by Crippen LogP contribution is -2.43. The third kappa shape index (κ3) is 3.55. The van der Waals surface area contributed by atoms with E-state index >= 15 is 0 Å². The molecule has 4 rings (SSSR count). The SMILES string of the molecule is Cc1cncc(C(=O)N2CCC3(COCC(=O)N(c4ccccc4)C3)C2)n1. The van der Waals surface area contributed by atoms with Gasteiger partial charge in [0.2, 0.25) is 0 Å². The predicted octanol–water partition coefficient (Wildman–Crippen LogP) is 1.68. The van der Waals surface area contributed by atoms with Crippen molar-refractivity contribution in [2.75, 3.05) is 37.7 Å². The molecule has 2 amide bonds. The van der Waals surface area contributed by atoms with E-state index in [9.17, 15) is 9.59 Å². The molecule has 2 aliphatic rings. The molecule has 1 spiro atoms. The van der Waals surface area contributed by atoms with Gasteiger partial charge in [-0.25, -0.2) is 4.98 Å². The second-order valence-corrected chi connectivity index (χ2v) is 7.33.